The minimum absolute atomic E-state index is 0.0469. The number of ether oxygens (including phenoxy) is 3. The summed E-state index contributed by atoms with van der Waals surface area (Å²) in [6.07, 6.45) is 8.43. The first kappa shape index (κ1) is 48.8. The zero-order valence-electron chi connectivity index (χ0n) is 41.7. The van der Waals surface area contributed by atoms with E-state index in [4.69, 9.17) is 24.2 Å². The fraction of sp³-hybridized carbons (Fsp3) is 0.556. The lowest BCUT2D eigenvalue weighted by molar-refractivity contribution is -0.135. The van der Waals surface area contributed by atoms with E-state index in [1.54, 1.807) is 0 Å². The third-order valence-corrected chi connectivity index (χ3v) is 15.2. The Morgan fingerprint density at radius 1 is 0.686 bits per heavy atom. The largest absolute Gasteiger partial charge is 0.492 e. The second-order valence-corrected chi connectivity index (χ2v) is 20.4. The quantitative estimate of drug-likeness (QED) is 0.105. The Morgan fingerprint density at radius 2 is 1.29 bits per heavy atom. The van der Waals surface area contributed by atoms with E-state index in [2.05, 4.69) is 86.1 Å². The van der Waals surface area contributed by atoms with Gasteiger partial charge in [0.2, 0.25) is 11.8 Å². The molecule has 6 heterocycles. The second-order valence-electron chi connectivity index (χ2n) is 20.4. The number of anilines is 1. The number of aromatic amines is 1. The first-order valence-electron chi connectivity index (χ1n) is 25.6. The van der Waals surface area contributed by atoms with Gasteiger partial charge in [-0.15, -0.1) is 0 Å². The molecule has 4 saturated heterocycles. The molecule has 6 atom stereocenters. The summed E-state index contributed by atoms with van der Waals surface area (Å²) in [5.41, 5.74) is 8.31. The van der Waals surface area contributed by atoms with Crippen LogP contribution in [-0.4, -0.2) is 126 Å². The number of rotatable bonds is 15. The Morgan fingerprint density at radius 3 is 1.91 bits per heavy atom. The SMILES string of the molecule is COC(=O)N[C@H](C(=O)N1CCCC1C1=Nc2cc([C@@H]3CC[C@@H](c4ccc5nc([C@@H]6CCCN6C(=O)[C@@H](NC(=O)OC)C(C)C)[nH]c5c4)N3c3ccc(OCCN4CCCCC4)cc3)ccc2C1)C(C)C. The molecule has 0 spiro atoms. The highest BCUT2D eigenvalue weighted by molar-refractivity contribution is 6.01. The molecule has 4 fully saturated rings. The molecule has 9 rings (SSSR count). The molecule has 5 aliphatic rings. The van der Waals surface area contributed by atoms with E-state index in [0.717, 1.165) is 103 Å². The van der Waals surface area contributed by atoms with Crippen LogP contribution < -0.4 is 20.3 Å². The van der Waals surface area contributed by atoms with Crippen LogP contribution in [0, 0.1) is 11.8 Å². The van der Waals surface area contributed by atoms with Crippen LogP contribution in [0.4, 0.5) is 21.0 Å². The zero-order valence-corrected chi connectivity index (χ0v) is 41.7. The predicted octanol–water partition coefficient (Wildman–Crippen LogP) is 8.55. The smallest absolute Gasteiger partial charge is 0.407 e. The first-order valence-corrected chi connectivity index (χ1v) is 25.6. The number of nitrogens with one attached hydrogen (secondary N) is 3. The number of hydrogen-bond donors (Lipinski definition) is 3. The maximum Gasteiger partial charge on any atom is 0.407 e. The van der Waals surface area contributed by atoms with Gasteiger partial charge in [-0.05, 0) is 135 Å². The summed E-state index contributed by atoms with van der Waals surface area (Å²) in [4.78, 5) is 75.1. The number of aromatic nitrogens is 2. The molecule has 0 saturated carbocycles. The van der Waals surface area contributed by atoms with Crippen molar-refractivity contribution >= 4 is 52.1 Å². The van der Waals surface area contributed by atoms with E-state index in [9.17, 15) is 19.2 Å². The van der Waals surface area contributed by atoms with Crippen LogP contribution in [0.3, 0.4) is 0 Å². The maximum absolute atomic E-state index is 14.0. The molecular weight excluding hydrogens is 887 g/mol. The average Bonchev–Trinajstić information content (AvgIpc) is 4.23. The summed E-state index contributed by atoms with van der Waals surface area (Å²) in [6.45, 7) is 12.8. The van der Waals surface area contributed by atoms with Crippen LogP contribution >= 0.6 is 0 Å². The molecule has 16 heteroatoms. The van der Waals surface area contributed by atoms with Gasteiger partial charge in [-0.25, -0.2) is 14.6 Å². The van der Waals surface area contributed by atoms with Gasteiger partial charge in [0.05, 0.1) is 55.1 Å². The fourth-order valence-electron chi connectivity index (χ4n) is 11.5. The van der Waals surface area contributed by atoms with E-state index in [0.29, 0.717) is 26.1 Å². The number of carbonyl (C=O) groups excluding carboxylic acids is 4. The van der Waals surface area contributed by atoms with Gasteiger partial charge in [-0.2, -0.15) is 0 Å². The fourth-order valence-corrected chi connectivity index (χ4v) is 11.5. The number of H-pyrrole nitrogens is 1. The number of nitrogens with zero attached hydrogens (tertiary/aromatic N) is 6. The van der Waals surface area contributed by atoms with Gasteiger partial charge in [-0.1, -0.05) is 52.3 Å². The van der Waals surface area contributed by atoms with E-state index in [-0.39, 0.29) is 47.8 Å². The van der Waals surface area contributed by atoms with Crippen molar-refractivity contribution < 1.29 is 33.4 Å². The highest BCUT2D eigenvalue weighted by Crippen LogP contribution is 2.49. The molecule has 0 bridgehead atoms. The Bertz CT molecular complexity index is 2550. The number of hydrogen-bond acceptors (Lipinski definition) is 11. The molecular formula is C54H71N9O7. The predicted molar refractivity (Wildman–Crippen MR) is 270 cm³/mol. The number of carbonyl (C=O) groups is 4. The molecule has 5 aliphatic heterocycles. The van der Waals surface area contributed by atoms with Crippen LogP contribution in [-0.2, 0) is 25.5 Å². The van der Waals surface area contributed by atoms with Crippen molar-refractivity contribution in [3.05, 3.63) is 83.2 Å². The summed E-state index contributed by atoms with van der Waals surface area (Å²) < 4.78 is 16.0. The number of alkyl carbamates (subject to hydrolysis) is 2. The standard InChI is InChI=1S/C54H71N9O7/c1-33(2)48(58-53(66)68-5)51(64)61-26-10-12-46(61)43-30-35-14-15-36(31-41(35)55-43)44-22-23-45(63(44)38-17-19-39(20-18-38)70-29-28-60-24-8-7-9-25-60)37-16-21-40-42(32-37)57-50(56-40)47-13-11-27-62(47)52(65)49(34(3)4)59-54(67)69-6/h14-21,31-34,44-49H,7-13,22-30H2,1-6H3,(H,56,57)(H,58,66)(H,59,67)/t44-,45-,46?,47-,48-,49-/m0/s1. The van der Waals surface area contributed by atoms with Gasteiger partial charge in [0.15, 0.2) is 0 Å². The minimum atomic E-state index is -0.709. The summed E-state index contributed by atoms with van der Waals surface area (Å²) in [5.74, 6) is 1.14. The second kappa shape index (κ2) is 21.5. The van der Waals surface area contributed by atoms with Gasteiger partial charge >= 0.3 is 12.2 Å². The minimum Gasteiger partial charge on any atom is -0.492 e. The van der Waals surface area contributed by atoms with Crippen molar-refractivity contribution in [3.8, 4) is 5.75 Å². The van der Waals surface area contributed by atoms with Crippen molar-refractivity contribution in [2.75, 3.05) is 58.5 Å². The molecule has 16 nitrogen and oxygen atoms in total. The van der Waals surface area contributed by atoms with Crippen molar-refractivity contribution in [2.24, 2.45) is 16.8 Å². The third-order valence-electron chi connectivity index (χ3n) is 15.2. The van der Waals surface area contributed by atoms with E-state index < -0.39 is 24.3 Å². The van der Waals surface area contributed by atoms with Crippen LogP contribution in [0.5, 0.6) is 5.75 Å². The van der Waals surface area contributed by atoms with E-state index in [1.165, 1.54) is 44.6 Å². The third kappa shape index (κ3) is 10.3. The lowest BCUT2D eigenvalue weighted by atomic mass is 9.98. The Balaban J connectivity index is 0.980. The van der Waals surface area contributed by atoms with Gasteiger partial charge in [0, 0.05) is 37.5 Å². The number of aliphatic imine (C=N–C) groups is 1. The number of benzene rings is 3. The van der Waals surface area contributed by atoms with Gasteiger partial charge in [0.1, 0.15) is 30.3 Å². The van der Waals surface area contributed by atoms with Gasteiger partial charge in [0.25, 0.3) is 0 Å². The number of methoxy groups -OCH3 is 2. The van der Waals surface area contributed by atoms with Crippen LogP contribution in [0.15, 0.2) is 65.7 Å². The monoisotopic (exact) mass is 958 g/mol. The Hall–Kier alpha value is -6.16. The van der Waals surface area contributed by atoms with Crippen LogP contribution in [0.25, 0.3) is 11.0 Å². The normalized spacial score (nSPS) is 22.3. The number of likely N-dealkylation sites (tertiary alicyclic amines) is 3. The van der Waals surface area contributed by atoms with Crippen LogP contribution in [0.2, 0.25) is 0 Å². The number of amides is 4. The molecule has 3 N–H and O–H groups in total. The highest BCUT2D eigenvalue weighted by Gasteiger charge is 2.41. The Kier molecular flexibility index (Phi) is 15.0. The average molecular weight is 958 g/mol. The molecule has 1 aromatic heterocycles. The topological polar surface area (TPSA) is 174 Å². The molecule has 1 unspecified atom stereocenters. The van der Waals surface area contributed by atoms with Crippen molar-refractivity contribution in [3.63, 3.8) is 0 Å². The lowest BCUT2D eigenvalue weighted by Gasteiger charge is -2.33. The lowest BCUT2D eigenvalue weighted by Crippen LogP contribution is -2.53. The highest BCUT2D eigenvalue weighted by atomic mass is 16.5. The summed E-state index contributed by atoms with van der Waals surface area (Å²) in [5, 5.41) is 5.52. The molecule has 4 aromatic rings. The number of imidazole rings is 1. The van der Waals surface area contributed by atoms with Crippen molar-refractivity contribution in [2.45, 2.75) is 128 Å². The number of piperidine rings is 1. The van der Waals surface area contributed by atoms with Crippen molar-refractivity contribution in [1.82, 2.24) is 35.3 Å². The molecule has 0 radical (unpaired) electrons. The molecule has 70 heavy (non-hydrogen) atoms. The van der Waals surface area contributed by atoms with Crippen molar-refractivity contribution in [1.29, 1.82) is 0 Å². The summed E-state index contributed by atoms with van der Waals surface area (Å²) >= 11 is 0. The summed E-state index contributed by atoms with van der Waals surface area (Å²) in [6, 6.07) is 20.1. The van der Waals surface area contributed by atoms with Crippen LogP contribution in [0.1, 0.15) is 126 Å². The Labute approximate surface area is 411 Å². The van der Waals surface area contributed by atoms with E-state index in [1.807, 2.05) is 37.5 Å². The molecule has 3 aromatic carbocycles. The maximum atomic E-state index is 14.0. The molecule has 4 amide bonds. The first-order chi connectivity index (χ1) is 33.9. The number of fused-ring (bicyclic) bond motifs is 2. The van der Waals surface area contributed by atoms with E-state index >= 15 is 0 Å². The molecule has 374 valence electrons. The van der Waals surface area contributed by atoms with Gasteiger partial charge in [-0.3, -0.25) is 19.5 Å². The van der Waals surface area contributed by atoms with Gasteiger partial charge < -0.3 is 44.5 Å². The summed E-state index contributed by atoms with van der Waals surface area (Å²) in [7, 11) is 2.62. The molecule has 0 aliphatic carbocycles. The zero-order chi connectivity index (χ0) is 49.1.